The van der Waals surface area contributed by atoms with Crippen LogP contribution in [0.25, 0.3) is 11.3 Å². The summed E-state index contributed by atoms with van der Waals surface area (Å²) < 4.78 is 5.05. The summed E-state index contributed by atoms with van der Waals surface area (Å²) in [7, 11) is 1.34. The van der Waals surface area contributed by atoms with E-state index >= 15 is 0 Å². The molecule has 0 saturated carbocycles. The minimum atomic E-state index is -0.431. The molecular formula is C14H11NO4. The number of pyridine rings is 1. The normalized spacial score (nSPS) is 12.2. The summed E-state index contributed by atoms with van der Waals surface area (Å²) in [5.74, 6) is -1.03. The average molecular weight is 257 g/mol. The molecule has 1 aliphatic rings. The third-order valence-corrected chi connectivity index (χ3v) is 3.31. The predicted octanol–water partition coefficient (Wildman–Crippen LogP) is 2.02. The van der Waals surface area contributed by atoms with Gasteiger partial charge in [0.1, 0.15) is 0 Å². The van der Waals surface area contributed by atoms with Crippen molar-refractivity contribution in [3.8, 4) is 28.5 Å². The molecule has 0 unspecified atom stereocenters. The molecule has 0 fully saturated rings. The van der Waals surface area contributed by atoms with Crippen LogP contribution in [0.3, 0.4) is 0 Å². The van der Waals surface area contributed by atoms with Gasteiger partial charge in [0.25, 0.3) is 0 Å². The molecule has 0 amide bonds. The van der Waals surface area contributed by atoms with Crippen molar-refractivity contribution in [3.05, 3.63) is 35.0 Å². The maximum atomic E-state index is 12.4. The van der Waals surface area contributed by atoms with Crippen molar-refractivity contribution < 1.29 is 19.7 Å². The molecule has 1 heterocycles. The monoisotopic (exact) mass is 257 g/mol. The number of carbonyl (C=O) groups is 1. The number of rotatable bonds is 1. The van der Waals surface area contributed by atoms with Gasteiger partial charge in [0, 0.05) is 11.8 Å². The summed E-state index contributed by atoms with van der Waals surface area (Å²) in [6, 6.07) is 3.08. The van der Waals surface area contributed by atoms with Gasteiger partial charge in [-0.15, -0.1) is 0 Å². The number of ketones is 1. The van der Waals surface area contributed by atoms with Gasteiger partial charge in [0.2, 0.25) is 5.75 Å². The van der Waals surface area contributed by atoms with Crippen LogP contribution in [0.4, 0.5) is 0 Å². The average Bonchev–Trinajstić information content (AvgIpc) is 2.66. The van der Waals surface area contributed by atoms with Crippen molar-refractivity contribution in [1.29, 1.82) is 0 Å². The summed E-state index contributed by atoms with van der Waals surface area (Å²) in [5.41, 5.74) is 2.52. The summed E-state index contributed by atoms with van der Waals surface area (Å²) >= 11 is 0. The third kappa shape index (κ3) is 1.35. The lowest BCUT2D eigenvalue weighted by Gasteiger charge is -2.09. The van der Waals surface area contributed by atoms with E-state index in [4.69, 9.17) is 4.74 Å². The van der Waals surface area contributed by atoms with Gasteiger partial charge in [0.05, 0.1) is 23.9 Å². The second-order valence-corrected chi connectivity index (χ2v) is 4.38. The number of hydrogen-bond acceptors (Lipinski definition) is 5. The molecular weight excluding hydrogens is 246 g/mol. The highest BCUT2D eigenvalue weighted by Gasteiger charge is 2.35. The number of fused-ring (bicyclic) bond motifs is 3. The Labute approximate surface area is 109 Å². The van der Waals surface area contributed by atoms with Crippen molar-refractivity contribution in [2.45, 2.75) is 6.92 Å². The number of aryl methyl sites for hydroxylation is 1. The highest BCUT2D eigenvalue weighted by molar-refractivity contribution is 6.23. The van der Waals surface area contributed by atoms with Crippen molar-refractivity contribution in [1.82, 2.24) is 4.98 Å². The molecule has 1 aromatic heterocycles. The van der Waals surface area contributed by atoms with Crippen molar-refractivity contribution in [2.75, 3.05) is 7.11 Å². The maximum Gasteiger partial charge on any atom is 0.201 e. The van der Waals surface area contributed by atoms with E-state index in [1.54, 1.807) is 12.3 Å². The molecule has 5 heteroatoms. The SMILES string of the molecule is COc1c(O)c(O)cc2c1C(=O)c1c(C)ccnc1-2. The first-order chi connectivity index (χ1) is 9.06. The lowest BCUT2D eigenvalue weighted by atomic mass is 10.1. The lowest BCUT2D eigenvalue weighted by molar-refractivity contribution is 0.103. The standard InChI is InChI=1S/C14H11NO4/c1-6-3-4-15-11-7-5-8(16)12(17)14(19-2)10(7)13(18)9(6)11/h3-5,16-17H,1-2H3. The third-order valence-electron chi connectivity index (χ3n) is 3.31. The fourth-order valence-corrected chi connectivity index (χ4v) is 2.42. The molecule has 5 nitrogen and oxygen atoms in total. The minimum absolute atomic E-state index is 0.0163. The van der Waals surface area contributed by atoms with Crippen molar-refractivity contribution >= 4 is 5.78 Å². The Morgan fingerprint density at radius 3 is 2.68 bits per heavy atom. The summed E-state index contributed by atoms with van der Waals surface area (Å²) in [6.45, 7) is 1.82. The van der Waals surface area contributed by atoms with Crippen LogP contribution < -0.4 is 4.74 Å². The second-order valence-electron chi connectivity index (χ2n) is 4.38. The van der Waals surface area contributed by atoms with E-state index in [1.165, 1.54) is 13.2 Å². The molecule has 0 atom stereocenters. The van der Waals surface area contributed by atoms with Crippen LogP contribution in [0.1, 0.15) is 21.5 Å². The van der Waals surface area contributed by atoms with E-state index in [-0.39, 0.29) is 22.8 Å². The molecule has 19 heavy (non-hydrogen) atoms. The van der Waals surface area contributed by atoms with Crippen molar-refractivity contribution in [2.24, 2.45) is 0 Å². The molecule has 2 aromatic rings. The zero-order chi connectivity index (χ0) is 13.7. The van der Waals surface area contributed by atoms with Crippen LogP contribution in [0.5, 0.6) is 17.2 Å². The molecule has 2 N–H and O–H groups in total. The van der Waals surface area contributed by atoms with E-state index in [1.807, 2.05) is 6.92 Å². The van der Waals surface area contributed by atoms with Crippen LogP contribution >= 0.6 is 0 Å². The van der Waals surface area contributed by atoms with Crippen LogP contribution in [-0.2, 0) is 0 Å². The first kappa shape index (κ1) is 11.5. The highest BCUT2D eigenvalue weighted by Crippen LogP contribution is 2.48. The lowest BCUT2D eigenvalue weighted by Crippen LogP contribution is -2.01. The zero-order valence-corrected chi connectivity index (χ0v) is 10.4. The Hall–Kier alpha value is -2.56. The molecule has 1 aromatic carbocycles. The number of benzene rings is 1. The van der Waals surface area contributed by atoms with Gasteiger partial charge < -0.3 is 14.9 Å². The van der Waals surface area contributed by atoms with E-state index in [0.717, 1.165) is 5.56 Å². The fourth-order valence-electron chi connectivity index (χ4n) is 2.42. The van der Waals surface area contributed by atoms with Crippen LogP contribution in [-0.4, -0.2) is 28.1 Å². The van der Waals surface area contributed by atoms with E-state index < -0.39 is 5.75 Å². The Bertz CT molecular complexity index is 722. The van der Waals surface area contributed by atoms with Gasteiger partial charge in [-0.1, -0.05) is 0 Å². The molecule has 0 radical (unpaired) electrons. The Kier molecular flexibility index (Phi) is 2.25. The van der Waals surface area contributed by atoms with Crippen LogP contribution in [0.2, 0.25) is 0 Å². The fraction of sp³-hybridized carbons (Fsp3) is 0.143. The Morgan fingerprint density at radius 1 is 1.26 bits per heavy atom. The molecule has 3 rings (SSSR count). The topological polar surface area (TPSA) is 79.6 Å². The Morgan fingerprint density at radius 2 is 2.00 bits per heavy atom. The van der Waals surface area contributed by atoms with Gasteiger partial charge in [-0.3, -0.25) is 9.78 Å². The largest absolute Gasteiger partial charge is 0.504 e. The summed E-state index contributed by atoms with van der Waals surface area (Å²) in [4.78, 5) is 16.6. The predicted molar refractivity (Wildman–Crippen MR) is 67.7 cm³/mol. The zero-order valence-electron chi connectivity index (χ0n) is 10.4. The number of nitrogens with zero attached hydrogens (tertiary/aromatic N) is 1. The molecule has 0 bridgehead atoms. The Balaban J connectivity index is 2.43. The maximum absolute atomic E-state index is 12.4. The molecule has 96 valence electrons. The van der Waals surface area contributed by atoms with Gasteiger partial charge in [-0.25, -0.2) is 0 Å². The van der Waals surface area contributed by atoms with Gasteiger partial charge >= 0.3 is 0 Å². The number of phenols is 2. The first-order valence-corrected chi connectivity index (χ1v) is 5.69. The summed E-state index contributed by atoms with van der Waals surface area (Å²) in [6.07, 6.45) is 1.60. The quantitative estimate of drug-likeness (QED) is 0.652. The minimum Gasteiger partial charge on any atom is -0.504 e. The highest BCUT2D eigenvalue weighted by atomic mass is 16.5. The molecule has 0 aliphatic heterocycles. The van der Waals surface area contributed by atoms with E-state index in [2.05, 4.69) is 4.98 Å². The second kappa shape index (κ2) is 3.71. The number of carbonyl (C=O) groups excluding carboxylic acids is 1. The van der Waals surface area contributed by atoms with Gasteiger partial charge in [-0.05, 0) is 24.6 Å². The number of ether oxygens (including phenoxy) is 1. The molecule has 1 aliphatic carbocycles. The first-order valence-electron chi connectivity index (χ1n) is 5.69. The van der Waals surface area contributed by atoms with Gasteiger partial charge in [0.15, 0.2) is 17.3 Å². The number of aromatic nitrogens is 1. The number of hydrogen-bond donors (Lipinski definition) is 2. The summed E-state index contributed by atoms with van der Waals surface area (Å²) in [5, 5.41) is 19.5. The molecule has 0 spiro atoms. The van der Waals surface area contributed by atoms with Crippen molar-refractivity contribution in [3.63, 3.8) is 0 Å². The smallest absolute Gasteiger partial charge is 0.201 e. The number of phenolic OH excluding ortho intramolecular Hbond substituents is 2. The van der Waals surface area contributed by atoms with Gasteiger partial charge in [-0.2, -0.15) is 0 Å². The van der Waals surface area contributed by atoms with E-state index in [0.29, 0.717) is 16.8 Å². The molecule has 0 saturated heterocycles. The van der Waals surface area contributed by atoms with Crippen LogP contribution in [0, 0.1) is 6.92 Å². The van der Waals surface area contributed by atoms with Crippen LogP contribution in [0.15, 0.2) is 18.3 Å². The number of aromatic hydroxyl groups is 2. The number of methoxy groups -OCH3 is 1. The van der Waals surface area contributed by atoms with E-state index in [9.17, 15) is 15.0 Å².